The molecule has 0 saturated carbocycles. The van der Waals surface area contributed by atoms with E-state index in [-0.39, 0.29) is 11.8 Å². The Morgan fingerprint density at radius 2 is 1.71 bits per heavy atom. The van der Waals surface area contributed by atoms with Crippen molar-refractivity contribution in [2.45, 2.75) is 25.9 Å². The summed E-state index contributed by atoms with van der Waals surface area (Å²) in [6.45, 7) is 3.07. The summed E-state index contributed by atoms with van der Waals surface area (Å²) in [7, 11) is 6.61. The molecule has 31 heavy (non-hydrogen) atoms. The summed E-state index contributed by atoms with van der Waals surface area (Å²) in [5, 5.41) is 0.740. The number of benzene rings is 2. The normalized spacial score (nSPS) is 16.6. The molecule has 1 atom stereocenters. The fourth-order valence-electron chi connectivity index (χ4n) is 4.14. The number of halogens is 1. The van der Waals surface area contributed by atoms with Crippen LogP contribution in [-0.2, 0) is 17.9 Å². The summed E-state index contributed by atoms with van der Waals surface area (Å²) in [5.41, 5.74) is 2.14. The summed E-state index contributed by atoms with van der Waals surface area (Å²) in [4.78, 5) is 17.3. The van der Waals surface area contributed by atoms with Gasteiger partial charge < -0.3 is 19.1 Å². The number of rotatable bonds is 8. The maximum Gasteiger partial charge on any atom is 0.227 e. The van der Waals surface area contributed by atoms with Crippen molar-refractivity contribution in [3.8, 4) is 17.2 Å². The molecular formula is C24H31ClN2O4. The maximum absolute atomic E-state index is 13.2. The standard InChI is InChI=1S/C24H31ClN2O4/c1-26(14-18-12-21(29-2)23(31-4)22(13-18)30-3)24(28)19-6-5-11-27(16-19)15-17-7-9-20(25)10-8-17/h7-10,12-13,19H,5-6,11,14-16H2,1-4H3/t19-/m0/s1. The Labute approximate surface area is 189 Å². The number of nitrogens with zero attached hydrogens (tertiary/aromatic N) is 2. The predicted molar refractivity (Wildman–Crippen MR) is 122 cm³/mol. The van der Waals surface area contributed by atoms with Gasteiger partial charge in [0.2, 0.25) is 11.7 Å². The van der Waals surface area contributed by atoms with Gasteiger partial charge in [-0.3, -0.25) is 9.69 Å². The van der Waals surface area contributed by atoms with Crippen LogP contribution in [0.1, 0.15) is 24.0 Å². The maximum atomic E-state index is 13.2. The smallest absolute Gasteiger partial charge is 0.227 e. The molecule has 0 radical (unpaired) electrons. The van der Waals surface area contributed by atoms with Crippen LogP contribution in [0.25, 0.3) is 0 Å². The Kier molecular flexibility index (Phi) is 8.04. The SMILES string of the molecule is COc1cc(CN(C)C(=O)[C@H]2CCCN(Cc3ccc(Cl)cc3)C2)cc(OC)c1OC. The highest BCUT2D eigenvalue weighted by Gasteiger charge is 2.28. The van der Waals surface area contributed by atoms with Gasteiger partial charge in [-0.2, -0.15) is 0 Å². The van der Waals surface area contributed by atoms with Crippen molar-refractivity contribution in [1.82, 2.24) is 9.80 Å². The average Bonchev–Trinajstić information content (AvgIpc) is 2.79. The lowest BCUT2D eigenvalue weighted by Crippen LogP contribution is -2.43. The molecule has 1 aliphatic rings. The fraction of sp³-hybridized carbons (Fsp3) is 0.458. The molecule has 6 nitrogen and oxygen atoms in total. The summed E-state index contributed by atoms with van der Waals surface area (Å²) >= 11 is 5.99. The van der Waals surface area contributed by atoms with E-state index in [0.29, 0.717) is 23.8 Å². The van der Waals surface area contributed by atoms with Crippen LogP contribution >= 0.6 is 11.6 Å². The lowest BCUT2D eigenvalue weighted by atomic mass is 9.96. The summed E-state index contributed by atoms with van der Waals surface area (Å²) in [6.07, 6.45) is 1.93. The first-order valence-corrected chi connectivity index (χ1v) is 10.8. The van der Waals surface area contributed by atoms with Crippen LogP contribution < -0.4 is 14.2 Å². The highest BCUT2D eigenvalue weighted by molar-refractivity contribution is 6.30. The molecule has 0 unspecified atom stereocenters. The number of hydrogen-bond donors (Lipinski definition) is 0. The first-order valence-electron chi connectivity index (χ1n) is 10.5. The molecule has 1 fully saturated rings. The van der Waals surface area contributed by atoms with Gasteiger partial charge in [0.05, 0.1) is 27.2 Å². The van der Waals surface area contributed by atoms with Gasteiger partial charge in [0.25, 0.3) is 0 Å². The zero-order chi connectivity index (χ0) is 22.4. The Balaban J connectivity index is 1.64. The quantitative estimate of drug-likeness (QED) is 0.607. The first kappa shape index (κ1) is 23.2. The predicted octanol–water partition coefficient (Wildman–Crippen LogP) is 4.24. The van der Waals surface area contributed by atoms with Crippen molar-refractivity contribution < 1.29 is 19.0 Å². The van der Waals surface area contributed by atoms with E-state index in [1.54, 1.807) is 26.2 Å². The van der Waals surface area contributed by atoms with Crippen LogP contribution in [-0.4, -0.2) is 57.2 Å². The highest BCUT2D eigenvalue weighted by atomic mass is 35.5. The van der Waals surface area contributed by atoms with Gasteiger partial charge in [-0.1, -0.05) is 23.7 Å². The molecule has 0 spiro atoms. The van der Waals surface area contributed by atoms with Gasteiger partial charge in [-0.05, 0) is 54.8 Å². The van der Waals surface area contributed by atoms with Crippen molar-refractivity contribution in [3.63, 3.8) is 0 Å². The molecule has 7 heteroatoms. The monoisotopic (exact) mass is 446 g/mol. The summed E-state index contributed by atoms with van der Waals surface area (Å²) < 4.78 is 16.2. The Bertz CT molecular complexity index is 863. The van der Waals surface area contributed by atoms with Gasteiger partial charge in [0, 0.05) is 31.7 Å². The molecule has 0 aromatic heterocycles. The molecule has 1 aliphatic heterocycles. The van der Waals surface area contributed by atoms with Crippen LogP contribution in [0.4, 0.5) is 0 Å². The first-order chi connectivity index (χ1) is 14.9. The van der Waals surface area contributed by atoms with E-state index in [2.05, 4.69) is 4.90 Å². The molecule has 0 aliphatic carbocycles. The van der Waals surface area contributed by atoms with Gasteiger partial charge in [-0.25, -0.2) is 0 Å². The van der Waals surface area contributed by atoms with Gasteiger partial charge in [0.15, 0.2) is 11.5 Å². The lowest BCUT2D eigenvalue weighted by Gasteiger charge is -2.34. The zero-order valence-electron chi connectivity index (χ0n) is 18.7. The molecule has 1 amide bonds. The minimum Gasteiger partial charge on any atom is -0.493 e. The van der Waals surface area contributed by atoms with Gasteiger partial charge in [-0.15, -0.1) is 0 Å². The van der Waals surface area contributed by atoms with E-state index in [1.807, 2.05) is 43.4 Å². The van der Waals surface area contributed by atoms with Crippen molar-refractivity contribution >= 4 is 17.5 Å². The zero-order valence-corrected chi connectivity index (χ0v) is 19.4. The molecule has 3 rings (SSSR count). The minimum absolute atomic E-state index is 0.00640. The van der Waals surface area contributed by atoms with Crippen LogP contribution in [0, 0.1) is 5.92 Å². The molecule has 0 N–H and O–H groups in total. The number of carbonyl (C=O) groups is 1. The minimum atomic E-state index is -0.00640. The van der Waals surface area contributed by atoms with Crippen molar-refractivity contribution in [3.05, 3.63) is 52.5 Å². The van der Waals surface area contributed by atoms with Crippen LogP contribution in [0.15, 0.2) is 36.4 Å². The average molecular weight is 447 g/mol. The van der Waals surface area contributed by atoms with E-state index < -0.39 is 0 Å². The number of methoxy groups -OCH3 is 3. The summed E-state index contributed by atoms with van der Waals surface area (Å²) in [5.74, 6) is 1.88. The van der Waals surface area contributed by atoms with Gasteiger partial charge in [0.1, 0.15) is 0 Å². The fourth-order valence-corrected chi connectivity index (χ4v) is 4.26. The second-order valence-corrected chi connectivity index (χ2v) is 8.37. The number of likely N-dealkylation sites (tertiary alicyclic amines) is 1. The van der Waals surface area contributed by atoms with Gasteiger partial charge >= 0.3 is 0 Å². The third-order valence-electron chi connectivity index (χ3n) is 5.69. The van der Waals surface area contributed by atoms with Crippen LogP contribution in [0.3, 0.4) is 0 Å². The molecule has 2 aromatic carbocycles. The second-order valence-electron chi connectivity index (χ2n) is 7.93. The van der Waals surface area contributed by atoms with Crippen molar-refractivity contribution in [2.75, 3.05) is 41.5 Å². The van der Waals surface area contributed by atoms with E-state index in [4.69, 9.17) is 25.8 Å². The molecule has 2 aromatic rings. The van der Waals surface area contributed by atoms with Crippen LogP contribution in [0.2, 0.25) is 5.02 Å². The lowest BCUT2D eigenvalue weighted by molar-refractivity contribution is -0.136. The number of amides is 1. The Morgan fingerprint density at radius 3 is 2.29 bits per heavy atom. The molecular weight excluding hydrogens is 416 g/mol. The van der Waals surface area contributed by atoms with E-state index in [9.17, 15) is 4.79 Å². The Hall–Kier alpha value is -2.44. The molecule has 1 heterocycles. The third-order valence-corrected chi connectivity index (χ3v) is 5.95. The number of hydrogen-bond acceptors (Lipinski definition) is 5. The van der Waals surface area contributed by atoms with E-state index in [1.165, 1.54) is 5.56 Å². The van der Waals surface area contributed by atoms with E-state index in [0.717, 1.165) is 43.1 Å². The van der Waals surface area contributed by atoms with E-state index >= 15 is 0 Å². The number of carbonyl (C=O) groups excluding carboxylic acids is 1. The molecule has 1 saturated heterocycles. The Morgan fingerprint density at radius 1 is 1.06 bits per heavy atom. The largest absolute Gasteiger partial charge is 0.493 e. The third kappa shape index (κ3) is 5.83. The molecule has 168 valence electrons. The topological polar surface area (TPSA) is 51.2 Å². The number of piperidine rings is 1. The highest BCUT2D eigenvalue weighted by Crippen LogP contribution is 2.38. The summed E-state index contributed by atoms with van der Waals surface area (Å²) in [6, 6.07) is 11.7. The van der Waals surface area contributed by atoms with Crippen LogP contribution in [0.5, 0.6) is 17.2 Å². The van der Waals surface area contributed by atoms with Crippen molar-refractivity contribution in [2.24, 2.45) is 5.92 Å². The van der Waals surface area contributed by atoms with Crippen molar-refractivity contribution in [1.29, 1.82) is 0 Å². The molecule has 0 bridgehead atoms. The second kappa shape index (κ2) is 10.7. The number of ether oxygens (including phenoxy) is 3.